The monoisotopic (exact) mass is 860 g/mol. The summed E-state index contributed by atoms with van der Waals surface area (Å²) < 4.78 is 2.58. The predicted octanol–water partition coefficient (Wildman–Crippen LogP) is 18.4. The minimum absolute atomic E-state index is 0.364. The van der Waals surface area contributed by atoms with Crippen LogP contribution in [0.4, 0.5) is 34.1 Å². The second-order valence-electron chi connectivity index (χ2n) is 18.0. The summed E-state index contributed by atoms with van der Waals surface area (Å²) in [6.45, 7) is 4.89. The highest BCUT2D eigenvalue weighted by atomic mass is 32.1. The summed E-state index contributed by atoms with van der Waals surface area (Å²) in [6, 6.07) is 85.0. The minimum atomic E-state index is -0.364. The van der Waals surface area contributed by atoms with Gasteiger partial charge in [-0.15, -0.1) is 11.3 Å². The van der Waals surface area contributed by atoms with Crippen LogP contribution in [0.2, 0.25) is 0 Å². The fraction of sp³-hybridized carbons (Fsp3) is 0.0476. The molecule has 0 atom stereocenters. The second kappa shape index (κ2) is 15.1. The van der Waals surface area contributed by atoms with E-state index in [2.05, 4.69) is 254 Å². The molecule has 0 radical (unpaired) electrons. The minimum Gasteiger partial charge on any atom is -0.310 e. The lowest BCUT2D eigenvalue weighted by Gasteiger charge is -2.31. The van der Waals surface area contributed by atoms with Gasteiger partial charge in [0.25, 0.3) is 0 Å². The molecule has 3 heteroatoms. The van der Waals surface area contributed by atoms with Gasteiger partial charge in [-0.05, 0) is 116 Å². The Morgan fingerprint density at radius 3 is 1.58 bits per heavy atom. The van der Waals surface area contributed by atoms with Crippen molar-refractivity contribution in [2.45, 2.75) is 19.3 Å². The average molecular weight is 861 g/mol. The van der Waals surface area contributed by atoms with Crippen LogP contribution in [-0.2, 0) is 5.41 Å². The van der Waals surface area contributed by atoms with Crippen molar-refractivity contribution in [2.24, 2.45) is 0 Å². The first-order valence-electron chi connectivity index (χ1n) is 22.8. The molecule has 0 N–H and O–H groups in total. The summed E-state index contributed by atoms with van der Waals surface area (Å²) in [7, 11) is 0. The molecule has 1 aromatic heterocycles. The van der Waals surface area contributed by atoms with Gasteiger partial charge in [-0.3, -0.25) is 0 Å². The third-order valence-electron chi connectivity index (χ3n) is 14.0. The first-order valence-corrected chi connectivity index (χ1v) is 23.7. The predicted molar refractivity (Wildman–Crippen MR) is 284 cm³/mol. The van der Waals surface area contributed by atoms with Crippen LogP contribution in [0.1, 0.15) is 25.0 Å². The fourth-order valence-corrected chi connectivity index (χ4v) is 12.1. The lowest BCUT2D eigenvalue weighted by atomic mass is 9.81. The number of anilines is 6. The van der Waals surface area contributed by atoms with E-state index >= 15 is 0 Å². The van der Waals surface area contributed by atoms with Crippen molar-refractivity contribution >= 4 is 98.0 Å². The van der Waals surface area contributed by atoms with E-state index in [1.165, 1.54) is 103 Å². The largest absolute Gasteiger partial charge is 0.310 e. The molecule has 0 fully saturated rings. The first kappa shape index (κ1) is 38.5. The molecule has 0 bridgehead atoms. The molecule has 0 saturated carbocycles. The van der Waals surface area contributed by atoms with E-state index in [1.807, 2.05) is 11.3 Å². The molecule has 1 aliphatic rings. The molecule has 1 aliphatic carbocycles. The number of fused-ring (bicyclic) bond motifs is 12. The quantitative estimate of drug-likeness (QED) is 0.147. The number of thiophene rings is 1. The number of benzene rings is 11. The average Bonchev–Trinajstić information content (AvgIpc) is 3.87. The van der Waals surface area contributed by atoms with Crippen molar-refractivity contribution in [3.8, 4) is 22.3 Å². The molecule has 0 saturated heterocycles. The van der Waals surface area contributed by atoms with Crippen LogP contribution in [0.5, 0.6) is 0 Å². The summed E-state index contributed by atoms with van der Waals surface area (Å²) in [5.41, 5.74) is 14.3. The van der Waals surface area contributed by atoms with Gasteiger partial charge in [0.15, 0.2) is 0 Å². The smallest absolute Gasteiger partial charge is 0.0644 e. The van der Waals surface area contributed by atoms with Crippen LogP contribution in [0.25, 0.3) is 74.7 Å². The van der Waals surface area contributed by atoms with E-state index in [4.69, 9.17) is 0 Å². The number of hydrogen-bond acceptors (Lipinski definition) is 3. The lowest BCUT2D eigenvalue weighted by molar-refractivity contribution is 0.661. The molecule has 66 heavy (non-hydrogen) atoms. The first-order chi connectivity index (χ1) is 32.5. The standard InChI is InChI=1S/C63H44N2S/c1-63(2)53-39-56(64(44-25-8-4-9-26-44)46-29-20-24-42(37-46)41-21-6-3-7-22-41)50-33-16-17-34-51(50)59(53)61-54(63)40-57(62-60(61)52-35-18-19-36-58(52)66-62)65(45-27-10-5-11-28-45)55-38-43-23-12-13-30-47(43)48-31-14-15-32-49(48)55/h3-40H,1-2H3. The second-order valence-corrected chi connectivity index (χ2v) is 19.1. The summed E-state index contributed by atoms with van der Waals surface area (Å²) in [5, 5.41) is 10.1. The van der Waals surface area contributed by atoms with Gasteiger partial charge in [0.2, 0.25) is 0 Å². The SMILES string of the molecule is CC1(C)c2cc(N(c3ccccc3)c3cccc(-c4ccccc4)c3)c3ccccc3c2-c2c1cc(N(c1ccccc1)c1cc3ccccc3c3ccccc13)c1sc3ccccc3c21. The van der Waals surface area contributed by atoms with Crippen molar-refractivity contribution in [2.75, 3.05) is 9.80 Å². The summed E-state index contributed by atoms with van der Waals surface area (Å²) in [6.07, 6.45) is 0. The Balaban J connectivity index is 1.11. The number of hydrogen-bond donors (Lipinski definition) is 0. The normalized spacial score (nSPS) is 12.8. The molecule has 12 aromatic rings. The van der Waals surface area contributed by atoms with Crippen LogP contribution in [0.15, 0.2) is 231 Å². The Morgan fingerprint density at radius 1 is 0.348 bits per heavy atom. The number of para-hydroxylation sites is 2. The molecule has 0 unspecified atom stereocenters. The van der Waals surface area contributed by atoms with Crippen LogP contribution >= 0.6 is 11.3 Å². The lowest BCUT2D eigenvalue weighted by Crippen LogP contribution is -2.18. The highest BCUT2D eigenvalue weighted by Crippen LogP contribution is 2.61. The maximum absolute atomic E-state index is 2.55. The van der Waals surface area contributed by atoms with Crippen molar-refractivity contribution in [3.05, 3.63) is 242 Å². The molecule has 1 heterocycles. The molecule has 11 aromatic carbocycles. The Labute approximate surface area is 388 Å². The molecular formula is C63H44N2S. The van der Waals surface area contributed by atoms with E-state index < -0.39 is 0 Å². The van der Waals surface area contributed by atoms with Crippen molar-refractivity contribution < 1.29 is 0 Å². The highest BCUT2D eigenvalue weighted by molar-refractivity contribution is 7.26. The number of nitrogens with zero attached hydrogens (tertiary/aromatic N) is 2. The summed E-state index contributed by atoms with van der Waals surface area (Å²) in [4.78, 5) is 5.02. The Hall–Kier alpha value is -7.98. The van der Waals surface area contributed by atoms with E-state index in [-0.39, 0.29) is 5.41 Å². The fourth-order valence-electron chi connectivity index (χ4n) is 10.9. The Bertz CT molecular complexity index is 3850. The Kier molecular flexibility index (Phi) is 8.78. The van der Waals surface area contributed by atoms with Gasteiger partial charge < -0.3 is 9.80 Å². The molecule has 312 valence electrons. The van der Waals surface area contributed by atoms with Crippen LogP contribution in [0, 0.1) is 0 Å². The zero-order chi connectivity index (χ0) is 43.9. The van der Waals surface area contributed by atoms with Crippen molar-refractivity contribution in [1.82, 2.24) is 0 Å². The van der Waals surface area contributed by atoms with Gasteiger partial charge >= 0.3 is 0 Å². The molecule has 2 nitrogen and oxygen atoms in total. The highest BCUT2D eigenvalue weighted by Gasteiger charge is 2.41. The molecule has 13 rings (SSSR count). The molecule has 0 amide bonds. The van der Waals surface area contributed by atoms with Gasteiger partial charge in [-0.2, -0.15) is 0 Å². The summed E-state index contributed by atoms with van der Waals surface area (Å²) in [5.74, 6) is 0. The Morgan fingerprint density at radius 2 is 0.848 bits per heavy atom. The van der Waals surface area contributed by atoms with E-state index in [0.717, 1.165) is 17.1 Å². The topological polar surface area (TPSA) is 6.48 Å². The van der Waals surface area contributed by atoms with E-state index in [1.54, 1.807) is 0 Å². The van der Waals surface area contributed by atoms with Crippen molar-refractivity contribution in [1.29, 1.82) is 0 Å². The van der Waals surface area contributed by atoms with Gasteiger partial charge in [0, 0.05) is 48.7 Å². The zero-order valence-electron chi connectivity index (χ0n) is 36.7. The third-order valence-corrected chi connectivity index (χ3v) is 15.2. The summed E-state index contributed by atoms with van der Waals surface area (Å²) >= 11 is 1.91. The van der Waals surface area contributed by atoms with Crippen LogP contribution in [-0.4, -0.2) is 0 Å². The van der Waals surface area contributed by atoms with Gasteiger partial charge in [-0.1, -0.05) is 184 Å². The maximum atomic E-state index is 2.55. The van der Waals surface area contributed by atoms with E-state index in [0.29, 0.717) is 0 Å². The maximum Gasteiger partial charge on any atom is 0.0644 e. The molecular weight excluding hydrogens is 817 g/mol. The van der Waals surface area contributed by atoms with Crippen LogP contribution in [0.3, 0.4) is 0 Å². The van der Waals surface area contributed by atoms with Crippen LogP contribution < -0.4 is 9.80 Å². The number of rotatable bonds is 7. The van der Waals surface area contributed by atoms with Gasteiger partial charge in [0.1, 0.15) is 0 Å². The third kappa shape index (κ3) is 5.87. The van der Waals surface area contributed by atoms with Gasteiger partial charge in [0.05, 0.1) is 21.8 Å². The molecule has 0 spiro atoms. The van der Waals surface area contributed by atoms with E-state index in [9.17, 15) is 0 Å². The van der Waals surface area contributed by atoms with Gasteiger partial charge in [-0.25, -0.2) is 0 Å². The molecule has 0 aliphatic heterocycles. The van der Waals surface area contributed by atoms with Crippen molar-refractivity contribution in [3.63, 3.8) is 0 Å². The zero-order valence-corrected chi connectivity index (χ0v) is 37.6.